The third-order valence-corrected chi connectivity index (χ3v) is 7.06. The van der Waals surface area contributed by atoms with E-state index in [-0.39, 0.29) is 29.8 Å². The molecule has 3 aromatic heterocycles. The first-order chi connectivity index (χ1) is 17.7. The number of nitrogens with zero attached hydrogens (tertiary/aromatic N) is 6. The predicted molar refractivity (Wildman–Crippen MR) is 140 cm³/mol. The highest BCUT2D eigenvalue weighted by Crippen LogP contribution is 2.35. The number of aromatic nitrogens is 5. The van der Waals surface area contributed by atoms with Crippen LogP contribution in [0.3, 0.4) is 0 Å². The number of rotatable bonds is 7. The van der Waals surface area contributed by atoms with E-state index in [0.717, 1.165) is 23.4 Å². The van der Waals surface area contributed by atoms with Gasteiger partial charge in [-0.05, 0) is 38.2 Å². The lowest BCUT2D eigenvalue weighted by molar-refractivity contribution is -0.127. The molecule has 0 aliphatic carbocycles. The SMILES string of the molecule is C=CC(=O)N1C[C@@]([Si])(n2nc(C#Cc3cc4nc(C)n(CC)c4cn3)c(C(N)=O)c2NC)C[C@@H]1COC. The van der Waals surface area contributed by atoms with E-state index in [9.17, 15) is 9.59 Å². The summed E-state index contributed by atoms with van der Waals surface area (Å²) in [5.74, 6) is 6.34. The Morgan fingerprint density at radius 2 is 2.19 bits per heavy atom. The number of ether oxygens (including phenoxy) is 1. The van der Waals surface area contributed by atoms with E-state index < -0.39 is 11.1 Å². The molecule has 4 rings (SSSR count). The zero-order valence-electron chi connectivity index (χ0n) is 21.3. The molecule has 0 bridgehead atoms. The molecule has 3 radical (unpaired) electrons. The van der Waals surface area contributed by atoms with Crippen LogP contribution in [0.2, 0.25) is 0 Å². The smallest absolute Gasteiger partial charge is 0.255 e. The van der Waals surface area contributed by atoms with Crippen molar-refractivity contribution in [2.45, 2.75) is 38.0 Å². The van der Waals surface area contributed by atoms with Gasteiger partial charge in [0.15, 0.2) is 5.69 Å². The van der Waals surface area contributed by atoms with Crippen LogP contribution in [0.15, 0.2) is 24.9 Å². The van der Waals surface area contributed by atoms with Gasteiger partial charge in [0.25, 0.3) is 5.91 Å². The van der Waals surface area contributed by atoms with Crippen LogP contribution >= 0.6 is 0 Å². The van der Waals surface area contributed by atoms with Gasteiger partial charge in [0.1, 0.15) is 22.9 Å². The maximum absolute atomic E-state index is 12.5. The maximum atomic E-state index is 12.5. The minimum Gasteiger partial charge on any atom is -0.383 e. The van der Waals surface area contributed by atoms with Gasteiger partial charge in [0, 0.05) is 33.3 Å². The summed E-state index contributed by atoms with van der Waals surface area (Å²) in [6.07, 6.45) is 3.47. The lowest BCUT2D eigenvalue weighted by Crippen LogP contribution is -2.41. The van der Waals surface area contributed by atoms with Crippen molar-refractivity contribution in [3.63, 3.8) is 0 Å². The van der Waals surface area contributed by atoms with Gasteiger partial charge in [-0.1, -0.05) is 6.58 Å². The van der Waals surface area contributed by atoms with Gasteiger partial charge in [-0.2, -0.15) is 5.10 Å². The molecule has 1 fully saturated rings. The van der Waals surface area contributed by atoms with Crippen LogP contribution in [-0.2, 0) is 21.2 Å². The molecule has 4 heterocycles. The molecule has 0 spiro atoms. The molecule has 0 aromatic carbocycles. The van der Waals surface area contributed by atoms with Crippen LogP contribution in [0.5, 0.6) is 0 Å². The number of carbonyl (C=O) groups excluding carboxylic acids is 2. The lowest BCUT2D eigenvalue weighted by atomic mass is 10.1. The van der Waals surface area contributed by atoms with Gasteiger partial charge in [-0.25, -0.2) is 14.6 Å². The van der Waals surface area contributed by atoms with Crippen molar-refractivity contribution in [2.75, 3.05) is 32.6 Å². The Kier molecular flexibility index (Phi) is 7.20. The number of amides is 2. The Morgan fingerprint density at radius 3 is 2.81 bits per heavy atom. The molecule has 2 atom stereocenters. The number of carbonyl (C=O) groups is 2. The number of nitrogens with one attached hydrogen (secondary N) is 1. The van der Waals surface area contributed by atoms with Crippen LogP contribution in [-0.4, -0.2) is 84.6 Å². The van der Waals surface area contributed by atoms with Gasteiger partial charge in [0.2, 0.25) is 5.91 Å². The van der Waals surface area contributed by atoms with E-state index in [0.29, 0.717) is 24.5 Å². The average molecular weight is 518 g/mol. The number of hydrogen-bond acceptors (Lipinski definition) is 7. The van der Waals surface area contributed by atoms with Crippen molar-refractivity contribution in [3.8, 4) is 11.8 Å². The fourth-order valence-corrected chi connectivity index (χ4v) is 5.43. The van der Waals surface area contributed by atoms with Crippen molar-refractivity contribution in [1.82, 2.24) is 29.2 Å². The second kappa shape index (κ2) is 10.2. The fraction of sp³-hybridized carbons (Fsp3) is 0.400. The number of pyridine rings is 1. The summed E-state index contributed by atoms with van der Waals surface area (Å²) in [5, 5.41) is 6.84. The van der Waals surface area contributed by atoms with Crippen LogP contribution < -0.4 is 11.1 Å². The highest BCUT2D eigenvalue weighted by atomic mass is 28.1. The summed E-state index contributed by atoms with van der Waals surface area (Å²) < 4.78 is 9.02. The molecule has 1 aliphatic heterocycles. The number of anilines is 1. The molecular formula is C25H29N8O3Si. The van der Waals surface area contributed by atoms with Gasteiger partial charge in [0.05, 0.1) is 45.3 Å². The van der Waals surface area contributed by atoms with E-state index in [1.54, 1.807) is 36.0 Å². The van der Waals surface area contributed by atoms with Crippen molar-refractivity contribution < 1.29 is 14.3 Å². The number of aryl methyl sites for hydroxylation is 2. The molecule has 37 heavy (non-hydrogen) atoms. The average Bonchev–Trinajstić information content (AvgIpc) is 3.52. The molecule has 1 saturated heterocycles. The minimum atomic E-state index is -0.841. The molecule has 0 unspecified atom stereocenters. The topological polar surface area (TPSA) is 133 Å². The molecule has 3 aromatic rings. The Labute approximate surface area is 218 Å². The Hall–Kier alpha value is -3.95. The molecule has 11 nitrogen and oxygen atoms in total. The van der Waals surface area contributed by atoms with Crippen LogP contribution in [0.25, 0.3) is 11.0 Å². The number of imidazole rings is 1. The first kappa shape index (κ1) is 26.1. The first-order valence-electron chi connectivity index (χ1n) is 11.8. The van der Waals surface area contributed by atoms with E-state index in [4.69, 9.17) is 10.5 Å². The second-order valence-corrected chi connectivity index (χ2v) is 9.76. The van der Waals surface area contributed by atoms with Gasteiger partial charge < -0.3 is 25.3 Å². The number of nitrogens with two attached hydrogens (primary N) is 1. The zero-order chi connectivity index (χ0) is 26.9. The number of hydrogen-bond donors (Lipinski definition) is 2. The fourth-order valence-electron chi connectivity index (χ4n) is 4.86. The minimum absolute atomic E-state index is 0.150. The summed E-state index contributed by atoms with van der Waals surface area (Å²) in [6, 6.07) is 1.58. The van der Waals surface area contributed by atoms with Crippen molar-refractivity contribution in [3.05, 3.63) is 47.7 Å². The molecule has 3 N–H and O–H groups in total. The Bertz CT molecular complexity index is 1450. The lowest BCUT2D eigenvalue weighted by Gasteiger charge is -2.27. The molecule has 12 heteroatoms. The Morgan fingerprint density at radius 1 is 1.43 bits per heavy atom. The molecule has 2 amide bonds. The summed E-state index contributed by atoms with van der Waals surface area (Å²) >= 11 is 0. The zero-order valence-corrected chi connectivity index (χ0v) is 22.3. The molecular weight excluding hydrogens is 488 g/mol. The number of likely N-dealkylation sites (tertiary alicyclic amines) is 1. The van der Waals surface area contributed by atoms with Gasteiger partial charge in [-0.3, -0.25) is 9.59 Å². The number of fused-ring (bicyclic) bond motifs is 1. The number of methoxy groups -OCH3 is 1. The second-order valence-electron chi connectivity index (χ2n) is 8.82. The maximum Gasteiger partial charge on any atom is 0.255 e. The first-order valence-corrected chi connectivity index (χ1v) is 12.3. The van der Waals surface area contributed by atoms with Crippen LogP contribution in [0.1, 0.15) is 40.9 Å². The molecule has 0 saturated carbocycles. The highest BCUT2D eigenvalue weighted by Gasteiger charge is 2.46. The van der Waals surface area contributed by atoms with Crippen molar-refractivity contribution >= 4 is 38.9 Å². The van der Waals surface area contributed by atoms with Crippen LogP contribution in [0.4, 0.5) is 5.82 Å². The van der Waals surface area contributed by atoms with E-state index in [1.807, 2.05) is 13.8 Å². The molecule has 191 valence electrons. The van der Waals surface area contributed by atoms with Crippen molar-refractivity contribution in [2.24, 2.45) is 5.73 Å². The molecule has 1 aliphatic rings. The predicted octanol–water partition coefficient (Wildman–Crippen LogP) is 0.751. The monoisotopic (exact) mass is 517 g/mol. The largest absolute Gasteiger partial charge is 0.383 e. The third kappa shape index (κ3) is 4.63. The van der Waals surface area contributed by atoms with E-state index in [2.05, 4.69) is 53.6 Å². The van der Waals surface area contributed by atoms with E-state index >= 15 is 0 Å². The number of primary amides is 1. The van der Waals surface area contributed by atoms with E-state index in [1.165, 1.54) is 6.08 Å². The summed E-state index contributed by atoms with van der Waals surface area (Å²) in [7, 11) is 7.10. The van der Waals surface area contributed by atoms with Crippen LogP contribution in [0, 0.1) is 18.8 Å². The van der Waals surface area contributed by atoms with Gasteiger partial charge >= 0.3 is 0 Å². The summed E-state index contributed by atoms with van der Waals surface area (Å²) in [4.78, 5) is 35.7. The Balaban J connectivity index is 1.77. The summed E-state index contributed by atoms with van der Waals surface area (Å²) in [6.45, 7) is 8.98. The van der Waals surface area contributed by atoms with Crippen molar-refractivity contribution in [1.29, 1.82) is 0 Å². The summed E-state index contributed by atoms with van der Waals surface area (Å²) in [5.41, 5.74) is 8.30. The normalized spacial score (nSPS) is 19.1. The third-order valence-electron chi connectivity index (χ3n) is 6.49. The quantitative estimate of drug-likeness (QED) is 0.268. The standard InChI is InChI=1S/C25H29N8O3Si/c1-6-21(34)32-14-25(37,11-17(32)13-36-5)33-24(27-4)22(23(26)35)18(30-33)9-8-16-10-19-20(12-28-16)31(7-2)15(3)29-19/h6,10,12,17,27H,1,7,11,13-14H2,2-5H3,(H2,26,35)/t17-,25-/m1/s1. The highest BCUT2D eigenvalue weighted by molar-refractivity contribution is 6.15. The van der Waals surface area contributed by atoms with Gasteiger partial charge in [-0.15, -0.1) is 0 Å².